The van der Waals surface area contributed by atoms with Gasteiger partial charge in [-0.25, -0.2) is 0 Å². The first-order valence-corrected chi connectivity index (χ1v) is 21.8. The van der Waals surface area contributed by atoms with E-state index in [1.54, 1.807) is 0 Å². The normalized spacial score (nSPS) is 13.0. The summed E-state index contributed by atoms with van der Waals surface area (Å²) < 4.78 is 16.6. The Morgan fingerprint density at radius 3 is 1.31 bits per heavy atom. The van der Waals surface area contributed by atoms with Crippen molar-refractivity contribution in [3.8, 4) is 0 Å². The molecule has 0 aromatic carbocycles. The van der Waals surface area contributed by atoms with Crippen LogP contribution in [0.1, 0.15) is 175 Å². The van der Waals surface area contributed by atoms with Gasteiger partial charge in [-0.3, -0.25) is 14.4 Å². The first kappa shape index (κ1) is 51.3. The van der Waals surface area contributed by atoms with Gasteiger partial charge >= 0.3 is 17.9 Å². The van der Waals surface area contributed by atoms with E-state index < -0.39 is 6.10 Å². The summed E-state index contributed by atoms with van der Waals surface area (Å²) in [4.78, 5) is 37.6. The molecule has 0 fully saturated rings. The fourth-order valence-corrected chi connectivity index (χ4v) is 5.40. The molecule has 0 saturated heterocycles. The Bertz CT molecular complexity index is 1150. The van der Waals surface area contributed by atoms with Crippen molar-refractivity contribution in [1.29, 1.82) is 0 Å². The van der Waals surface area contributed by atoms with E-state index in [2.05, 4.69) is 57.2 Å². The van der Waals surface area contributed by atoms with E-state index in [1.807, 2.05) is 60.8 Å². The zero-order valence-electron chi connectivity index (χ0n) is 35.1. The van der Waals surface area contributed by atoms with Crippen LogP contribution in [0.4, 0.5) is 0 Å². The average molecular weight is 763 g/mol. The van der Waals surface area contributed by atoms with Gasteiger partial charge < -0.3 is 14.2 Å². The maximum Gasteiger partial charge on any atom is 0.306 e. The Labute approximate surface area is 337 Å². The lowest BCUT2D eigenvalue weighted by atomic mass is 10.1. The standard InChI is InChI=1S/C49H78O6/c1-4-7-10-13-16-19-21-22-23-24-25-26-28-30-33-36-39-42-48(51)54-45-46(44-53-47(50)41-38-35-32-29-18-15-12-9-6-3)55-49(52)43-40-37-34-31-27-20-17-14-11-8-5-2/h7,10,13-14,16-17,19,21-26,28-29,32,46H,4-6,8-9,11-12,15,18,20,27,30-31,33-45H2,1-3H3/b10-7-,16-13-,17-14-,21-19-,23-22-,25-24+,28-26-,32-29-. The minimum atomic E-state index is -0.809. The van der Waals surface area contributed by atoms with Crippen LogP contribution in [0.3, 0.4) is 0 Å². The van der Waals surface area contributed by atoms with Gasteiger partial charge in [-0.15, -0.1) is 0 Å². The van der Waals surface area contributed by atoms with Crippen LogP contribution in [0.2, 0.25) is 0 Å². The molecule has 0 spiro atoms. The first-order valence-electron chi connectivity index (χ1n) is 21.8. The second-order valence-electron chi connectivity index (χ2n) is 14.0. The van der Waals surface area contributed by atoms with Crippen molar-refractivity contribution in [1.82, 2.24) is 0 Å². The smallest absolute Gasteiger partial charge is 0.306 e. The Morgan fingerprint density at radius 1 is 0.382 bits per heavy atom. The number of esters is 3. The molecule has 0 radical (unpaired) electrons. The van der Waals surface area contributed by atoms with Gasteiger partial charge in [0.2, 0.25) is 0 Å². The van der Waals surface area contributed by atoms with Crippen LogP contribution < -0.4 is 0 Å². The summed E-state index contributed by atoms with van der Waals surface area (Å²) in [5.74, 6) is -1.01. The molecular formula is C49H78O6. The number of hydrogen-bond acceptors (Lipinski definition) is 6. The maximum absolute atomic E-state index is 12.7. The molecule has 0 saturated carbocycles. The highest BCUT2D eigenvalue weighted by atomic mass is 16.6. The molecule has 6 nitrogen and oxygen atoms in total. The Morgan fingerprint density at radius 2 is 0.764 bits per heavy atom. The number of hydrogen-bond donors (Lipinski definition) is 0. The molecule has 1 unspecified atom stereocenters. The van der Waals surface area contributed by atoms with Gasteiger partial charge in [0.05, 0.1) is 0 Å². The highest BCUT2D eigenvalue weighted by Crippen LogP contribution is 2.11. The molecule has 0 bridgehead atoms. The van der Waals surface area contributed by atoms with Crippen LogP contribution in [0.25, 0.3) is 0 Å². The van der Waals surface area contributed by atoms with Gasteiger partial charge in [-0.1, -0.05) is 176 Å². The molecule has 0 N–H and O–H groups in total. The third kappa shape index (κ3) is 41.3. The van der Waals surface area contributed by atoms with E-state index in [4.69, 9.17) is 14.2 Å². The summed E-state index contributed by atoms with van der Waals surface area (Å²) in [6, 6.07) is 0. The van der Waals surface area contributed by atoms with Gasteiger partial charge in [-0.05, 0) is 77.0 Å². The van der Waals surface area contributed by atoms with Crippen molar-refractivity contribution in [2.75, 3.05) is 13.2 Å². The van der Waals surface area contributed by atoms with E-state index in [0.717, 1.165) is 77.0 Å². The fourth-order valence-electron chi connectivity index (χ4n) is 5.40. The molecule has 0 rings (SSSR count). The van der Waals surface area contributed by atoms with Crippen LogP contribution in [0.5, 0.6) is 0 Å². The van der Waals surface area contributed by atoms with Gasteiger partial charge in [0.15, 0.2) is 6.10 Å². The highest BCUT2D eigenvalue weighted by molar-refractivity contribution is 5.71. The molecule has 0 aliphatic carbocycles. The van der Waals surface area contributed by atoms with Gasteiger partial charge in [0.25, 0.3) is 0 Å². The molecule has 55 heavy (non-hydrogen) atoms. The second-order valence-corrected chi connectivity index (χ2v) is 14.0. The lowest BCUT2D eigenvalue weighted by molar-refractivity contribution is -0.167. The molecule has 0 aliphatic rings. The van der Waals surface area contributed by atoms with Crippen LogP contribution in [-0.4, -0.2) is 37.2 Å². The van der Waals surface area contributed by atoms with Gasteiger partial charge in [-0.2, -0.15) is 0 Å². The predicted octanol–water partition coefficient (Wildman–Crippen LogP) is 13.9. The third-order valence-electron chi connectivity index (χ3n) is 8.70. The Kier molecular flexibility index (Phi) is 40.2. The first-order chi connectivity index (χ1) is 27.0. The lowest BCUT2D eigenvalue weighted by Crippen LogP contribution is -2.30. The summed E-state index contributed by atoms with van der Waals surface area (Å²) >= 11 is 0. The summed E-state index contributed by atoms with van der Waals surface area (Å²) in [5.41, 5.74) is 0. The SMILES string of the molecule is CC\C=C/C=C\C=C/C=C\C=C\C=C/CCCCCC(=O)OCC(COC(=O)CCC/C=C\CCCCCC)OC(=O)CCCCCCC/C=C\CCCC. The summed E-state index contributed by atoms with van der Waals surface area (Å²) in [5, 5.41) is 0. The predicted molar refractivity (Wildman–Crippen MR) is 233 cm³/mol. The Hall–Kier alpha value is -3.67. The molecule has 0 amide bonds. The van der Waals surface area contributed by atoms with Gasteiger partial charge in [0, 0.05) is 19.3 Å². The van der Waals surface area contributed by atoms with E-state index in [9.17, 15) is 14.4 Å². The second kappa shape index (κ2) is 43.1. The number of allylic oxidation sites excluding steroid dienone is 16. The molecule has 1 atom stereocenters. The number of unbranched alkanes of at least 4 members (excludes halogenated alkanes) is 15. The molecule has 6 heteroatoms. The Balaban J connectivity index is 4.51. The molecule has 0 heterocycles. The lowest BCUT2D eigenvalue weighted by Gasteiger charge is -2.18. The molecule has 310 valence electrons. The average Bonchev–Trinajstić information content (AvgIpc) is 3.18. The summed E-state index contributed by atoms with van der Waals surface area (Å²) in [6.07, 6.45) is 55.4. The minimum Gasteiger partial charge on any atom is -0.462 e. The van der Waals surface area contributed by atoms with Crippen molar-refractivity contribution < 1.29 is 28.6 Å². The van der Waals surface area contributed by atoms with Crippen molar-refractivity contribution in [3.05, 3.63) is 97.2 Å². The highest BCUT2D eigenvalue weighted by Gasteiger charge is 2.19. The monoisotopic (exact) mass is 763 g/mol. The summed E-state index contributed by atoms with van der Waals surface area (Å²) in [6.45, 7) is 6.31. The third-order valence-corrected chi connectivity index (χ3v) is 8.70. The van der Waals surface area contributed by atoms with E-state index >= 15 is 0 Å². The molecule has 0 aliphatic heterocycles. The topological polar surface area (TPSA) is 78.9 Å². The minimum absolute atomic E-state index is 0.113. The number of carbonyl (C=O) groups is 3. The molecule has 0 aromatic rings. The van der Waals surface area contributed by atoms with Gasteiger partial charge in [0.1, 0.15) is 13.2 Å². The zero-order valence-corrected chi connectivity index (χ0v) is 35.1. The van der Waals surface area contributed by atoms with Crippen LogP contribution in [0.15, 0.2) is 97.2 Å². The van der Waals surface area contributed by atoms with E-state index in [0.29, 0.717) is 25.7 Å². The fraction of sp³-hybridized carbons (Fsp3) is 0.612. The van der Waals surface area contributed by atoms with Crippen molar-refractivity contribution in [2.24, 2.45) is 0 Å². The summed E-state index contributed by atoms with van der Waals surface area (Å²) in [7, 11) is 0. The largest absolute Gasteiger partial charge is 0.462 e. The zero-order chi connectivity index (χ0) is 40.1. The van der Waals surface area contributed by atoms with Crippen molar-refractivity contribution in [2.45, 2.75) is 181 Å². The quantitative estimate of drug-likeness (QED) is 0.0206. The van der Waals surface area contributed by atoms with Crippen molar-refractivity contribution in [3.63, 3.8) is 0 Å². The van der Waals surface area contributed by atoms with Crippen molar-refractivity contribution >= 4 is 17.9 Å². The number of rotatable bonds is 37. The number of ether oxygens (including phenoxy) is 3. The molecular weight excluding hydrogens is 685 g/mol. The van der Waals surface area contributed by atoms with Crippen LogP contribution in [-0.2, 0) is 28.6 Å². The van der Waals surface area contributed by atoms with E-state index in [1.165, 1.54) is 51.4 Å². The molecule has 0 aromatic heterocycles. The van der Waals surface area contributed by atoms with Crippen LogP contribution in [0, 0.1) is 0 Å². The van der Waals surface area contributed by atoms with Crippen LogP contribution >= 0.6 is 0 Å². The van der Waals surface area contributed by atoms with E-state index in [-0.39, 0.29) is 31.1 Å². The maximum atomic E-state index is 12.7. The number of carbonyl (C=O) groups excluding carboxylic acids is 3.